The van der Waals surface area contributed by atoms with E-state index in [1.165, 1.54) is 4.57 Å². The first-order chi connectivity index (χ1) is 34.2. The number of hydrogen-bond acceptors (Lipinski definition) is 3. The third kappa shape index (κ3) is 6.34. The molecule has 0 atom stereocenters. The topological polar surface area (TPSA) is 43.6 Å². The maximum absolute atomic E-state index is 9.80. The molecule has 0 saturated carbocycles. The zero-order valence-corrected chi connectivity index (χ0v) is 31.1. The van der Waals surface area contributed by atoms with Gasteiger partial charge in [0.2, 0.25) is 0 Å². The third-order valence-corrected chi connectivity index (χ3v) is 10.4. The van der Waals surface area contributed by atoms with Crippen LogP contribution in [-0.2, 0) is 0 Å². The van der Waals surface area contributed by atoms with Crippen molar-refractivity contribution in [3.05, 3.63) is 218 Å². The summed E-state index contributed by atoms with van der Waals surface area (Å²) in [6.07, 6.45) is 0. The fourth-order valence-electron chi connectivity index (χ4n) is 7.49. The van der Waals surface area contributed by atoms with Crippen molar-refractivity contribution in [2.75, 3.05) is 0 Å². The summed E-state index contributed by atoms with van der Waals surface area (Å²) in [5.41, 5.74) is 4.19. The monoisotopic (exact) mass is 764 g/mol. The summed E-state index contributed by atoms with van der Waals surface area (Å²) >= 11 is 0. The van der Waals surface area contributed by atoms with Crippen LogP contribution in [0.2, 0.25) is 0 Å². The van der Waals surface area contributed by atoms with Crippen molar-refractivity contribution in [3.63, 3.8) is 0 Å². The lowest BCUT2D eigenvalue weighted by atomic mass is 9.98. The summed E-state index contributed by atoms with van der Waals surface area (Å²) in [4.78, 5) is 15.1. The Kier molecular flexibility index (Phi) is 5.90. The molecule has 4 heteroatoms. The molecule has 0 aliphatic rings. The summed E-state index contributed by atoms with van der Waals surface area (Å²) < 4.78 is 110. The number of hydrogen-bond donors (Lipinski definition) is 0. The largest absolute Gasteiger partial charge is 0.308 e. The molecule has 2 aromatic heterocycles. The van der Waals surface area contributed by atoms with Gasteiger partial charge in [0, 0.05) is 27.5 Å². The lowest BCUT2D eigenvalue weighted by Gasteiger charge is -2.17. The molecule has 0 unspecified atom stereocenters. The average Bonchev–Trinajstić information content (AvgIpc) is 3.78. The van der Waals surface area contributed by atoms with Gasteiger partial charge in [0.15, 0.2) is 17.5 Å². The molecule has 0 N–H and O–H groups in total. The number of nitrogens with zero attached hydrogens (tertiary/aromatic N) is 4. The van der Waals surface area contributed by atoms with Gasteiger partial charge >= 0.3 is 0 Å². The smallest absolute Gasteiger partial charge is 0.166 e. The second-order valence-corrected chi connectivity index (χ2v) is 13.9. The van der Waals surface area contributed by atoms with Crippen LogP contribution < -0.4 is 0 Å². The van der Waals surface area contributed by atoms with Crippen LogP contribution in [0.3, 0.4) is 0 Å². The first-order valence-corrected chi connectivity index (χ1v) is 19.0. The lowest BCUT2D eigenvalue weighted by Crippen LogP contribution is -2.04. The van der Waals surface area contributed by atoms with E-state index in [9.17, 15) is 6.85 Å². The quantitative estimate of drug-likeness (QED) is 0.162. The molecule has 0 bridgehead atoms. The molecule has 0 radical (unpaired) electrons. The van der Waals surface area contributed by atoms with Gasteiger partial charge in [-0.3, -0.25) is 0 Å². The van der Waals surface area contributed by atoms with Crippen molar-refractivity contribution < 1.29 is 16.4 Å². The van der Waals surface area contributed by atoms with Gasteiger partial charge in [0.1, 0.15) is 0 Å². The van der Waals surface area contributed by atoms with E-state index in [0.717, 1.165) is 27.5 Å². The van der Waals surface area contributed by atoms with Crippen molar-refractivity contribution in [2.45, 2.75) is 0 Å². The van der Waals surface area contributed by atoms with Gasteiger partial charge in [0.05, 0.1) is 33.2 Å². The fourth-order valence-corrected chi connectivity index (χ4v) is 7.49. The molecule has 0 aliphatic carbocycles. The Hall–Kier alpha value is -7.95. The molecular weight excluding hydrogens is 717 g/mol. The van der Waals surface area contributed by atoms with E-state index in [1.54, 1.807) is 12.1 Å². The van der Waals surface area contributed by atoms with E-state index in [-0.39, 0.29) is 33.3 Å². The van der Waals surface area contributed by atoms with Crippen LogP contribution in [0.5, 0.6) is 0 Å². The number of rotatable bonds is 7. The van der Waals surface area contributed by atoms with Crippen molar-refractivity contribution in [1.29, 1.82) is 0 Å². The summed E-state index contributed by atoms with van der Waals surface area (Å²) in [6.45, 7) is 0. The van der Waals surface area contributed by atoms with Crippen molar-refractivity contribution in [3.8, 4) is 73.2 Å². The minimum atomic E-state index is -0.704. The molecule has 0 saturated heterocycles. The van der Waals surface area contributed by atoms with Gasteiger partial charge < -0.3 is 4.57 Å². The molecule has 0 spiro atoms. The highest BCUT2D eigenvalue weighted by Gasteiger charge is 2.21. The van der Waals surface area contributed by atoms with Gasteiger partial charge in [0.25, 0.3) is 0 Å². The molecule has 11 rings (SSSR count). The van der Waals surface area contributed by atoms with Gasteiger partial charge in [-0.15, -0.1) is 0 Å². The van der Waals surface area contributed by atoms with Crippen LogP contribution in [0.15, 0.2) is 218 Å². The van der Waals surface area contributed by atoms with E-state index in [1.807, 2.05) is 133 Å². The summed E-state index contributed by atoms with van der Waals surface area (Å²) in [7, 11) is 0. The maximum atomic E-state index is 9.80. The zero-order valence-electron chi connectivity index (χ0n) is 43.1. The van der Waals surface area contributed by atoms with Crippen LogP contribution in [0.1, 0.15) is 16.4 Å². The molecule has 11 aromatic rings. The second kappa shape index (κ2) is 14.5. The number of para-hydroxylation sites is 1. The predicted molar refractivity (Wildman–Crippen MR) is 244 cm³/mol. The number of aromatic nitrogens is 4. The molecule has 4 nitrogen and oxygen atoms in total. The van der Waals surface area contributed by atoms with Crippen molar-refractivity contribution >= 4 is 32.6 Å². The highest BCUT2D eigenvalue weighted by atomic mass is 15.1. The lowest BCUT2D eigenvalue weighted by molar-refractivity contribution is 1.06. The Labute approximate surface area is 359 Å². The van der Waals surface area contributed by atoms with E-state index >= 15 is 0 Å². The molecule has 0 fully saturated rings. The summed E-state index contributed by atoms with van der Waals surface area (Å²) in [5, 5.41) is 1.62. The van der Waals surface area contributed by atoms with E-state index < -0.39 is 83.6 Å². The molecule has 0 amide bonds. The van der Waals surface area contributed by atoms with Crippen LogP contribution in [0.4, 0.5) is 0 Å². The normalized spacial score (nSPS) is 14.2. The van der Waals surface area contributed by atoms with Crippen LogP contribution in [-0.4, -0.2) is 19.5 Å². The molecular formula is C55H36N4. The van der Waals surface area contributed by atoms with Crippen LogP contribution >= 0.6 is 0 Å². The van der Waals surface area contributed by atoms with Gasteiger partial charge in [-0.25, -0.2) is 15.0 Å². The van der Waals surface area contributed by atoms with Gasteiger partial charge in [-0.1, -0.05) is 182 Å². The fraction of sp³-hybridized carbons (Fsp3) is 0. The van der Waals surface area contributed by atoms with E-state index in [4.69, 9.17) is 24.5 Å². The molecule has 0 aliphatic heterocycles. The number of fused-ring (bicyclic) bond motifs is 4. The Morgan fingerprint density at radius 1 is 0.356 bits per heavy atom. The minimum Gasteiger partial charge on any atom is -0.308 e. The highest BCUT2D eigenvalue weighted by Crippen LogP contribution is 2.40. The predicted octanol–water partition coefficient (Wildman–Crippen LogP) is 14.1. The molecule has 9 aromatic carbocycles. The Balaban J connectivity index is 1.27. The molecule has 276 valence electrons. The van der Waals surface area contributed by atoms with E-state index in [2.05, 4.69) is 0 Å². The third-order valence-electron chi connectivity index (χ3n) is 10.4. The van der Waals surface area contributed by atoms with Crippen LogP contribution in [0.25, 0.3) is 106 Å². The summed E-state index contributed by atoms with van der Waals surface area (Å²) in [6, 6.07) is 38.9. The van der Waals surface area contributed by atoms with Gasteiger partial charge in [-0.05, 0) is 80.5 Å². The minimum absolute atomic E-state index is 0.128. The highest BCUT2D eigenvalue weighted by molar-refractivity contribution is 6.11. The SMILES string of the molecule is [2H]c1c([2H])c([2H])c(-c2c([2H])c([2H])c3c(c2[2H])c2c([2H])c([2H])c([2H])c([2H])c2n3-c2cc(-c3ccc4ccccc4c3)ccc2-c2nc(-c3ccccc3)nc(-c3ccc(-c4ccccc4)cc3)n2)c([2H])c1[2H]. The molecule has 59 heavy (non-hydrogen) atoms. The van der Waals surface area contributed by atoms with Gasteiger partial charge in [-0.2, -0.15) is 0 Å². The van der Waals surface area contributed by atoms with Crippen LogP contribution in [0, 0.1) is 0 Å². The standard InChI is InChI=1S/C55H36N4/c1-4-14-37(15-5-1)40-24-27-42(28-25-40)54-56-53(41-19-8-3-9-20-41)57-55(58-54)48-32-30-46(44-29-26-39-18-10-11-21-43(39)34-44)36-52(48)59-50-23-13-12-22-47(50)49-35-45(31-33-51(49)59)38-16-6-2-7-17-38/h1-36H/i2D,6D,7D,12D,13D,16D,17D,22D,23D,31D,33D,35D. The first-order valence-electron chi connectivity index (χ1n) is 25.0. The Bertz CT molecular complexity index is 3980. The van der Waals surface area contributed by atoms with E-state index in [0.29, 0.717) is 33.9 Å². The Morgan fingerprint density at radius 2 is 0.915 bits per heavy atom. The maximum Gasteiger partial charge on any atom is 0.166 e. The second-order valence-electron chi connectivity index (χ2n) is 13.9. The first kappa shape index (κ1) is 24.0. The number of benzene rings is 9. The molecule has 2 heterocycles. The Morgan fingerprint density at radius 3 is 1.69 bits per heavy atom. The van der Waals surface area contributed by atoms with Crippen molar-refractivity contribution in [1.82, 2.24) is 19.5 Å². The average molecular weight is 765 g/mol. The summed E-state index contributed by atoms with van der Waals surface area (Å²) in [5.74, 6) is 0.822. The zero-order chi connectivity index (χ0) is 49.6. The van der Waals surface area contributed by atoms with Crippen molar-refractivity contribution in [2.24, 2.45) is 0 Å².